The Balaban J connectivity index is 2.12. The summed E-state index contributed by atoms with van der Waals surface area (Å²) in [5, 5.41) is 8.34. The number of nitrogens with zero attached hydrogens (tertiary/aromatic N) is 4. The van der Waals surface area contributed by atoms with Gasteiger partial charge in [0.2, 0.25) is 11.8 Å². The number of hydrazine groups is 2. The van der Waals surface area contributed by atoms with Crippen molar-refractivity contribution in [2.75, 3.05) is 40.5 Å². The van der Waals surface area contributed by atoms with Crippen molar-refractivity contribution >= 4 is 11.8 Å². The van der Waals surface area contributed by atoms with Gasteiger partial charge in [0.25, 0.3) is 0 Å². The van der Waals surface area contributed by atoms with Gasteiger partial charge in [0.05, 0.1) is 37.4 Å². The molecule has 35 heavy (non-hydrogen) atoms. The van der Waals surface area contributed by atoms with Crippen LogP contribution in [0.2, 0.25) is 0 Å². The van der Waals surface area contributed by atoms with Crippen molar-refractivity contribution in [3.63, 3.8) is 0 Å². The molecule has 0 unspecified atom stereocenters. The monoisotopic (exact) mass is 492 g/mol. The zero-order valence-electron chi connectivity index (χ0n) is 22.5. The Labute approximate surface area is 212 Å². The minimum Gasteiger partial charge on any atom is -0.383 e. The number of carbonyl (C=O) groups excluding carboxylic acids is 2. The Morgan fingerprint density at radius 1 is 0.857 bits per heavy atom. The third-order valence-corrected chi connectivity index (χ3v) is 7.25. The summed E-state index contributed by atoms with van der Waals surface area (Å²) < 4.78 is 10.9. The molecule has 2 heterocycles. The highest BCUT2D eigenvalue weighted by atomic mass is 16.5. The summed E-state index contributed by atoms with van der Waals surface area (Å²) in [5.41, 5.74) is 0. The quantitative estimate of drug-likeness (QED) is 0.306. The Morgan fingerprint density at radius 3 is 1.57 bits per heavy atom. The molecule has 8 heteroatoms. The molecule has 2 aliphatic heterocycles. The molecule has 2 rings (SSSR count). The van der Waals surface area contributed by atoms with Crippen LogP contribution < -0.4 is 0 Å². The van der Waals surface area contributed by atoms with Crippen LogP contribution in [0.1, 0.15) is 71.6 Å². The van der Waals surface area contributed by atoms with E-state index in [4.69, 9.17) is 9.47 Å². The molecule has 0 aromatic carbocycles. The Hall–Kier alpha value is -1.74. The normalized spacial score (nSPS) is 22.6. The molecule has 0 bridgehead atoms. The number of methoxy groups -OCH3 is 2. The van der Waals surface area contributed by atoms with Crippen molar-refractivity contribution in [2.24, 2.45) is 0 Å². The van der Waals surface area contributed by atoms with E-state index in [0.29, 0.717) is 13.2 Å². The first-order valence-electron chi connectivity index (χ1n) is 13.2. The second kappa shape index (κ2) is 15.4. The molecule has 0 N–H and O–H groups in total. The van der Waals surface area contributed by atoms with Gasteiger partial charge in [-0.2, -0.15) is 0 Å². The van der Waals surface area contributed by atoms with Crippen LogP contribution in [0.25, 0.3) is 0 Å². The largest absolute Gasteiger partial charge is 0.383 e. The van der Waals surface area contributed by atoms with Gasteiger partial charge in [-0.3, -0.25) is 19.6 Å². The van der Waals surface area contributed by atoms with Gasteiger partial charge in [0.15, 0.2) is 0 Å². The standard InChI is InChI=1S/C27H48N4O4/c1-7-12-24(30(22(3)32)28-18-10-16-26(28)20-34-5)14-9-15-25(13-8-2)31(23(4)33)29-19-11-17-27(29)21-35-6/h7-8,24-27H,1-2,9-21H2,3-6H3/t24-,25-,26+,27+/m1/s1. The maximum absolute atomic E-state index is 12.8. The van der Waals surface area contributed by atoms with Crippen LogP contribution in [-0.4, -0.2) is 96.5 Å². The third kappa shape index (κ3) is 8.13. The number of rotatable bonds is 16. The first-order chi connectivity index (χ1) is 16.9. The van der Waals surface area contributed by atoms with Crippen molar-refractivity contribution in [3.8, 4) is 0 Å². The molecule has 0 radical (unpaired) electrons. The Bertz CT molecular complexity index is 632. The van der Waals surface area contributed by atoms with Crippen LogP contribution in [0.4, 0.5) is 0 Å². The van der Waals surface area contributed by atoms with Crippen molar-refractivity contribution in [3.05, 3.63) is 25.3 Å². The second-order valence-electron chi connectivity index (χ2n) is 9.84. The van der Waals surface area contributed by atoms with Crippen LogP contribution in [0.5, 0.6) is 0 Å². The zero-order valence-corrected chi connectivity index (χ0v) is 22.5. The van der Waals surface area contributed by atoms with Gasteiger partial charge in [-0.15, -0.1) is 13.2 Å². The summed E-state index contributed by atoms with van der Waals surface area (Å²) in [4.78, 5) is 25.6. The molecule has 2 amide bonds. The minimum absolute atomic E-state index is 0.0469. The highest BCUT2D eigenvalue weighted by molar-refractivity contribution is 5.73. The maximum Gasteiger partial charge on any atom is 0.234 e. The van der Waals surface area contributed by atoms with Crippen LogP contribution in [0, 0.1) is 0 Å². The number of hydrogen-bond acceptors (Lipinski definition) is 6. The van der Waals surface area contributed by atoms with E-state index in [1.165, 1.54) is 0 Å². The van der Waals surface area contributed by atoms with E-state index in [-0.39, 0.29) is 36.0 Å². The SMILES string of the molecule is C=CC[C@H](CCC[C@@H](CC=C)N(C(C)=O)N1CCC[C@H]1COC)N(C(C)=O)N1CCC[C@H]1COC. The Morgan fingerprint density at radius 2 is 1.26 bits per heavy atom. The molecule has 2 saturated heterocycles. The molecule has 0 saturated carbocycles. The van der Waals surface area contributed by atoms with Gasteiger partial charge in [-0.05, 0) is 57.8 Å². The minimum atomic E-state index is 0.0469. The van der Waals surface area contributed by atoms with Gasteiger partial charge in [0.1, 0.15) is 0 Å². The van der Waals surface area contributed by atoms with Crippen LogP contribution in [-0.2, 0) is 19.1 Å². The van der Waals surface area contributed by atoms with Crippen molar-refractivity contribution < 1.29 is 19.1 Å². The fraction of sp³-hybridized carbons (Fsp3) is 0.778. The van der Waals surface area contributed by atoms with Gasteiger partial charge in [-0.1, -0.05) is 12.2 Å². The lowest BCUT2D eigenvalue weighted by molar-refractivity contribution is -0.158. The number of amides is 2. The van der Waals surface area contributed by atoms with Gasteiger partial charge >= 0.3 is 0 Å². The molecule has 0 aliphatic carbocycles. The smallest absolute Gasteiger partial charge is 0.234 e. The summed E-state index contributed by atoms with van der Waals surface area (Å²) in [7, 11) is 3.43. The lowest BCUT2D eigenvalue weighted by Gasteiger charge is -2.42. The third-order valence-electron chi connectivity index (χ3n) is 7.25. The zero-order chi connectivity index (χ0) is 25.8. The van der Waals surface area contributed by atoms with E-state index < -0.39 is 0 Å². The summed E-state index contributed by atoms with van der Waals surface area (Å²) in [6, 6.07) is 0.549. The molecular weight excluding hydrogens is 444 g/mol. The Kier molecular flexibility index (Phi) is 13.0. The van der Waals surface area contributed by atoms with Gasteiger partial charge in [-0.25, -0.2) is 10.0 Å². The summed E-state index contributed by atoms with van der Waals surface area (Å²) in [5.74, 6) is 0.125. The van der Waals surface area contributed by atoms with Gasteiger partial charge in [0, 0.05) is 41.2 Å². The van der Waals surface area contributed by atoms with Crippen molar-refractivity contribution in [2.45, 2.75) is 95.8 Å². The van der Waals surface area contributed by atoms with E-state index >= 15 is 0 Å². The molecule has 0 aromatic rings. The first kappa shape index (κ1) is 29.5. The summed E-state index contributed by atoms with van der Waals surface area (Å²) in [6.07, 6.45) is 12.1. The fourth-order valence-corrected chi connectivity index (χ4v) is 5.88. The van der Waals surface area contributed by atoms with Crippen LogP contribution >= 0.6 is 0 Å². The molecule has 0 aromatic heterocycles. The van der Waals surface area contributed by atoms with E-state index in [9.17, 15) is 9.59 Å². The van der Waals surface area contributed by atoms with E-state index in [2.05, 4.69) is 23.2 Å². The molecule has 200 valence electrons. The topological polar surface area (TPSA) is 65.6 Å². The summed E-state index contributed by atoms with van der Waals surface area (Å²) in [6.45, 7) is 14.2. The molecular formula is C27H48N4O4. The summed E-state index contributed by atoms with van der Waals surface area (Å²) >= 11 is 0. The van der Waals surface area contributed by atoms with Crippen LogP contribution in [0.15, 0.2) is 25.3 Å². The molecule has 8 nitrogen and oxygen atoms in total. The highest BCUT2D eigenvalue weighted by Gasteiger charge is 2.36. The van der Waals surface area contributed by atoms with Gasteiger partial charge < -0.3 is 9.47 Å². The highest BCUT2D eigenvalue weighted by Crippen LogP contribution is 2.28. The first-order valence-corrected chi connectivity index (χ1v) is 13.2. The molecule has 2 aliphatic rings. The maximum atomic E-state index is 12.8. The molecule has 0 spiro atoms. The van der Waals surface area contributed by atoms with E-state index in [1.807, 2.05) is 22.2 Å². The second-order valence-corrected chi connectivity index (χ2v) is 9.84. The molecule has 2 fully saturated rings. The van der Waals surface area contributed by atoms with Crippen molar-refractivity contribution in [1.29, 1.82) is 0 Å². The average Bonchev–Trinajstić information content (AvgIpc) is 3.44. The number of hydrogen-bond donors (Lipinski definition) is 0. The lowest BCUT2D eigenvalue weighted by Crippen LogP contribution is -2.55. The van der Waals surface area contributed by atoms with Crippen LogP contribution in [0.3, 0.4) is 0 Å². The predicted molar refractivity (Wildman–Crippen MR) is 139 cm³/mol. The lowest BCUT2D eigenvalue weighted by atomic mass is 10.00. The van der Waals surface area contributed by atoms with Crippen molar-refractivity contribution in [1.82, 2.24) is 20.0 Å². The predicted octanol–water partition coefficient (Wildman–Crippen LogP) is 3.79. The van der Waals surface area contributed by atoms with E-state index in [0.717, 1.165) is 70.9 Å². The average molecular weight is 493 g/mol. The number of carbonyl (C=O) groups is 2. The van der Waals surface area contributed by atoms with E-state index in [1.54, 1.807) is 28.1 Å². The molecule has 4 atom stereocenters. The number of ether oxygens (including phenoxy) is 2. The fourth-order valence-electron chi connectivity index (χ4n) is 5.88.